The number of hydrogen-bond acceptors (Lipinski definition) is 6. The van der Waals surface area contributed by atoms with Crippen LogP contribution in [-0.2, 0) is 13.1 Å². The van der Waals surface area contributed by atoms with E-state index < -0.39 is 0 Å². The number of aromatic amines is 1. The number of thioether (sulfide) groups is 1. The van der Waals surface area contributed by atoms with Gasteiger partial charge in [0.2, 0.25) is 0 Å². The molecular formula is C22H24N6OS. The lowest BCUT2D eigenvalue weighted by molar-refractivity contribution is 0.753. The molecular weight excluding hydrogens is 396 g/mol. The van der Waals surface area contributed by atoms with Gasteiger partial charge in [0, 0.05) is 48.8 Å². The van der Waals surface area contributed by atoms with Crippen molar-refractivity contribution in [3.63, 3.8) is 0 Å². The van der Waals surface area contributed by atoms with Gasteiger partial charge in [0.25, 0.3) is 0 Å². The molecule has 3 heterocycles. The van der Waals surface area contributed by atoms with E-state index in [-0.39, 0.29) is 5.69 Å². The Bertz CT molecular complexity index is 1240. The van der Waals surface area contributed by atoms with E-state index in [2.05, 4.69) is 49.4 Å². The molecule has 0 unspecified atom stereocenters. The Morgan fingerprint density at radius 3 is 2.70 bits per heavy atom. The topological polar surface area (TPSA) is 78.8 Å². The summed E-state index contributed by atoms with van der Waals surface area (Å²) in [6.07, 6.45) is 1.56. The fourth-order valence-corrected chi connectivity index (χ4v) is 4.90. The van der Waals surface area contributed by atoms with E-state index in [9.17, 15) is 4.79 Å². The Kier molecular flexibility index (Phi) is 5.08. The number of rotatable bonds is 5. The molecule has 1 saturated heterocycles. The van der Waals surface area contributed by atoms with Gasteiger partial charge >= 0.3 is 5.69 Å². The van der Waals surface area contributed by atoms with E-state index in [1.54, 1.807) is 10.9 Å². The molecule has 0 radical (unpaired) electrons. The van der Waals surface area contributed by atoms with Crippen molar-refractivity contribution in [2.24, 2.45) is 0 Å². The maximum absolute atomic E-state index is 12.1. The van der Waals surface area contributed by atoms with Gasteiger partial charge in [-0.05, 0) is 36.8 Å². The predicted molar refractivity (Wildman–Crippen MR) is 125 cm³/mol. The fraction of sp³-hybridized carbons (Fsp3) is 0.318. The zero-order valence-corrected chi connectivity index (χ0v) is 17.7. The molecule has 0 saturated carbocycles. The largest absolute Gasteiger partial charge is 0.370 e. The van der Waals surface area contributed by atoms with Crippen molar-refractivity contribution < 1.29 is 0 Å². The van der Waals surface area contributed by atoms with E-state index in [0.717, 1.165) is 40.8 Å². The van der Waals surface area contributed by atoms with E-state index in [4.69, 9.17) is 0 Å². The van der Waals surface area contributed by atoms with Crippen molar-refractivity contribution in [3.05, 3.63) is 58.8 Å². The molecule has 2 aromatic carbocycles. The van der Waals surface area contributed by atoms with E-state index in [0.29, 0.717) is 13.1 Å². The molecule has 154 valence electrons. The smallest absolute Gasteiger partial charge is 0.326 e. The normalized spacial score (nSPS) is 14.5. The van der Waals surface area contributed by atoms with Gasteiger partial charge in [-0.25, -0.2) is 14.8 Å². The van der Waals surface area contributed by atoms with Crippen LogP contribution in [0.1, 0.15) is 12.5 Å². The number of aryl methyl sites for hydroxylation is 1. The molecule has 2 N–H and O–H groups in total. The summed E-state index contributed by atoms with van der Waals surface area (Å²) in [6, 6.07) is 12.7. The second kappa shape index (κ2) is 8.02. The molecule has 0 atom stereocenters. The Balaban J connectivity index is 1.38. The first-order chi connectivity index (χ1) is 14.7. The zero-order chi connectivity index (χ0) is 20.5. The van der Waals surface area contributed by atoms with E-state index in [1.165, 1.54) is 22.8 Å². The highest BCUT2D eigenvalue weighted by molar-refractivity contribution is 7.99. The number of nitrogens with one attached hydrogen (secondary N) is 2. The van der Waals surface area contributed by atoms with Gasteiger partial charge in [0.1, 0.15) is 12.1 Å². The quantitative estimate of drug-likeness (QED) is 0.515. The summed E-state index contributed by atoms with van der Waals surface area (Å²) >= 11 is 2.02. The molecule has 0 spiro atoms. The first-order valence-corrected chi connectivity index (χ1v) is 11.4. The van der Waals surface area contributed by atoms with Crippen molar-refractivity contribution >= 4 is 45.2 Å². The van der Waals surface area contributed by atoms with Crippen molar-refractivity contribution in [1.29, 1.82) is 0 Å². The third-order valence-corrected chi connectivity index (χ3v) is 6.56. The fourth-order valence-electron chi connectivity index (χ4n) is 3.99. The van der Waals surface area contributed by atoms with Crippen LogP contribution in [0.15, 0.2) is 47.5 Å². The number of hydrogen-bond donors (Lipinski definition) is 2. The maximum atomic E-state index is 12.1. The summed E-state index contributed by atoms with van der Waals surface area (Å²) in [5.74, 6) is 3.17. The average Bonchev–Trinajstić information content (AvgIpc) is 3.11. The van der Waals surface area contributed by atoms with E-state index >= 15 is 0 Å². The summed E-state index contributed by atoms with van der Waals surface area (Å²) in [5.41, 5.74) is 4.88. The summed E-state index contributed by atoms with van der Waals surface area (Å²) < 4.78 is 1.71. The van der Waals surface area contributed by atoms with Gasteiger partial charge in [-0.2, -0.15) is 11.8 Å². The van der Waals surface area contributed by atoms with Crippen LogP contribution in [0.2, 0.25) is 0 Å². The van der Waals surface area contributed by atoms with Gasteiger partial charge in [0.15, 0.2) is 0 Å². The monoisotopic (exact) mass is 420 g/mol. The molecule has 2 aromatic heterocycles. The van der Waals surface area contributed by atoms with Gasteiger partial charge in [-0.15, -0.1) is 0 Å². The van der Waals surface area contributed by atoms with Crippen LogP contribution >= 0.6 is 11.8 Å². The third-order valence-electron chi connectivity index (χ3n) is 5.62. The molecule has 1 fully saturated rings. The number of anilines is 2. The van der Waals surface area contributed by atoms with Crippen molar-refractivity contribution in [3.8, 4) is 0 Å². The number of imidazole rings is 1. The van der Waals surface area contributed by atoms with Crippen LogP contribution in [0.3, 0.4) is 0 Å². The summed E-state index contributed by atoms with van der Waals surface area (Å²) in [6.45, 7) is 5.48. The number of nitrogens with zero attached hydrogens (tertiary/aromatic N) is 4. The minimum atomic E-state index is -0.0994. The Labute approximate surface area is 178 Å². The van der Waals surface area contributed by atoms with Crippen LogP contribution in [0.4, 0.5) is 11.5 Å². The number of aromatic nitrogens is 4. The lowest BCUT2D eigenvalue weighted by Gasteiger charge is -2.28. The summed E-state index contributed by atoms with van der Waals surface area (Å²) in [7, 11) is 0. The van der Waals surface area contributed by atoms with Crippen LogP contribution in [0.25, 0.3) is 21.9 Å². The first-order valence-electron chi connectivity index (χ1n) is 10.3. The van der Waals surface area contributed by atoms with Crippen molar-refractivity contribution in [2.45, 2.75) is 20.0 Å². The van der Waals surface area contributed by atoms with Crippen LogP contribution < -0.4 is 15.9 Å². The van der Waals surface area contributed by atoms with Crippen LogP contribution in [-0.4, -0.2) is 44.1 Å². The molecule has 1 aliphatic rings. The Morgan fingerprint density at radius 2 is 1.93 bits per heavy atom. The standard InChI is InChI=1S/C22H24N6OS/c1-2-28-20-12-18-17(11-19(20)26-22(28)29)21(25-14-24-18)23-13-15-3-5-16(6-4-15)27-7-9-30-10-8-27/h3-6,11-12,14H,2,7-10,13H2,1H3,(H,26,29)(H,23,24,25). The number of fused-ring (bicyclic) bond motifs is 2. The highest BCUT2D eigenvalue weighted by atomic mass is 32.2. The van der Waals surface area contributed by atoms with Gasteiger partial charge in [0.05, 0.1) is 16.6 Å². The second-order valence-electron chi connectivity index (χ2n) is 7.40. The SMILES string of the molecule is CCn1c(=O)[nH]c2cc3c(NCc4ccc(N5CCSCC5)cc4)ncnc3cc21. The molecule has 0 bridgehead atoms. The van der Waals surface area contributed by atoms with Gasteiger partial charge in [-0.3, -0.25) is 4.57 Å². The minimum Gasteiger partial charge on any atom is -0.370 e. The molecule has 4 aromatic rings. The molecule has 0 aliphatic carbocycles. The Morgan fingerprint density at radius 1 is 1.13 bits per heavy atom. The predicted octanol–water partition coefficient (Wildman–Crippen LogP) is 3.46. The Hall–Kier alpha value is -3.00. The maximum Gasteiger partial charge on any atom is 0.326 e. The molecule has 7 nitrogen and oxygen atoms in total. The molecule has 1 aliphatic heterocycles. The van der Waals surface area contributed by atoms with Crippen molar-refractivity contribution in [2.75, 3.05) is 34.8 Å². The first kappa shape index (κ1) is 19.0. The second-order valence-corrected chi connectivity index (χ2v) is 8.63. The van der Waals surface area contributed by atoms with Gasteiger partial charge < -0.3 is 15.2 Å². The van der Waals surface area contributed by atoms with Crippen LogP contribution in [0.5, 0.6) is 0 Å². The van der Waals surface area contributed by atoms with Gasteiger partial charge in [-0.1, -0.05) is 12.1 Å². The minimum absolute atomic E-state index is 0.0994. The van der Waals surface area contributed by atoms with Crippen molar-refractivity contribution in [1.82, 2.24) is 19.5 Å². The molecule has 30 heavy (non-hydrogen) atoms. The zero-order valence-electron chi connectivity index (χ0n) is 16.9. The van der Waals surface area contributed by atoms with E-state index in [1.807, 2.05) is 30.8 Å². The number of benzene rings is 2. The molecule has 0 amide bonds. The highest BCUT2D eigenvalue weighted by Gasteiger charge is 2.12. The lowest BCUT2D eigenvalue weighted by atomic mass is 10.1. The molecule has 5 rings (SSSR count). The van der Waals surface area contributed by atoms with Crippen LogP contribution in [0, 0.1) is 0 Å². The lowest BCUT2D eigenvalue weighted by Crippen LogP contribution is -2.32. The summed E-state index contributed by atoms with van der Waals surface area (Å²) in [4.78, 5) is 26.4. The number of H-pyrrole nitrogens is 1. The summed E-state index contributed by atoms with van der Waals surface area (Å²) in [5, 5.41) is 4.34. The third kappa shape index (κ3) is 3.52. The highest BCUT2D eigenvalue weighted by Crippen LogP contribution is 2.25. The molecule has 8 heteroatoms. The average molecular weight is 421 g/mol.